The molecule has 0 saturated heterocycles. The van der Waals surface area contributed by atoms with Gasteiger partial charge in [-0.3, -0.25) is 0 Å². The van der Waals surface area contributed by atoms with Gasteiger partial charge in [-0.05, 0) is 20.1 Å². The molecule has 1 N–H and O–H groups in total. The maximum atomic E-state index is 8.72. The van der Waals surface area contributed by atoms with Gasteiger partial charge in [-0.15, -0.1) is 0 Å². The van der Waals surface area contributed by atoms with Crippen molar-refractivity contribution in [1.82, 2.24) is 9.97 Å². The lowest BCUT2D eigenvalue weighted by Crippen LogP contribution is -2.32. The Hall–Kier alpha value is -1.48. The third-order valence-corrected chi connectivity index (χ3v) is 3.06. The van der Waals surface area contributed by atoms with Gasteiger partial charge >= 0.3 is 0 Å². The summed E-state index contributed by atoms with van der Waals surface area (Å²) in [6.45, 7) is 4.87. The molecule has 0 radical (unpaired) electrons. The van der Waals surface area contributed by atoms with E-state index in [1.54, 1.807) is 0 Å². The van der Waals surface area contributed by atoms with Crippen LogP contribution in [0.5, 0.6) is 0 Å². The summed E-state index contributed by atoms with van der Waals surface area (Å²) >= 11 is 1.51. The highest BCUT2D eigenvalue weighted by molar-refractivity contribution is 7.98. The summed E-state index contributed by atoms with van der Waals surface area (Å²) in [6.07, 6.45) is 2.44. The number of nitriles is 1. The van der Waals surface area contributed by atoms with Gasteiger partial charge in [-0.25, -0.2) is 9.97 Å². The van der Waals surface area contributed by atoms with E-state index in [4.69, 9.17) is 5.26 Å². The summed E-state index contributed by atoms with van der Waals surface area (Å²) in [5.41, 5.74) is 0. The van der Waals surface area contributed by atoms with Crippen molar-refractivity contribution in [2.24, 2.45) is 0 Å². The number of thioether (sulfide) groups is 1. The molecule has 1 rings (SSSR count). The van der Waals surface area contributed by atoms with Crippen LogP contribution in [0.3, 0.4) is 0 Å². The van der Waals surface area contributed by atoms with Gasteiger partial charge in [-0.1, -0.05) is 11.8 Å². The first-order valence-corrected chi connectivity index (χ1v) is 7.09. The van der Waals surface area contributed by atoms with Crippen LogP contribution in [0.25, 0.3) is 0 Å². The second-order valence-corrected chi connectivity index (χ2v) is 4.82. The number of rotatable bonds is 6. The van der Waals surface area contributed by atoms with Crippen LogP contribution in [0.15, 0.2) is 11.2 Å². The lowest BCUT2D eigenvalue weighted by atomic mass is 10.3. The molecule has 0 aromatic carbocycles. The highest BCUT2D eigenvalue weighted by atomic mass is 32.2. The highest BCUT2D eigenvalue weighted by Crippen LogP contribution is 2.21. The summed E-state index contributed by atoms with van der Waals surface area (Å²) in [5, 5.41) is 12.5. The Bertz CT molecular complexity index is 405. The van der Waals surface area contributed by atoms with Gasteiger partial charge in [-0.2, -0.15) is 5.26 Å². The standard InChI is InChI=1S/C12H19N5S/c1-9(2)17(7-5-6-13)11-8-10(14-3)15-12(16-11)18-4/h8-9H,5,7H2,1-4H3,(H,14,15,16). The van der Waals surface area contributed by atoms with Crippen LogP contribution >= 0.6 is 11.8 Å². The number of aromatic nitrogens is 2. The molecule has 0 bridgehead atoms. The molecule has 6 heteroatoms. The number of nitrogens with one attached hydrogen (secondary N) is 1. The first kappa shape index (κ1) is 14.6. The second kappa shape index (κ2) is 7.07. The van der Waals surface area contributed by atoms with Crippen LogP contribution in [0.1, 0.15) is 20.3 Å². The normalized spacial score (nSPS) is 10.2. The van der Waals surface area contributed by atoms with E-state index in [2.05, 4.69) is 40.1 Å². The van der Waals surface area contributed by atoms with E-state index in [1.807, 2.05) is 19.4 Å². The zero-order valence-corrected chi connectivity index (χ0v) is 12.1. The van der Waals surface area contributed by atoms with E-state index in [1.165, 1.54) is 11.8 Å². The third-order valence-electron chi connectivity index (χ3n) is 2.51. The fourth-order valence-corrected chi connectivity index (χ4v) is 1.96. The predicted molar refractivity (Wildman–Crippen MR) is 76.1 cm³/mol. The molecule has 98 valence electrons. The third kappa shape index (κ3) is 3.77. The number of hydrogen-bond acceptors (Lipinski definition) is 6. The van der Waals surface area contributed by atoms with Crippen LogP contribution < -0.4 is 10.2 Å². The van der Waals surface area contributed by atoms with Crippen molar-refractivity contribution in [1.29, 1.82) is 5.26 Å². The van der Waals surface area contributed by atoms with E-state index >= 15 is 0 Å². The van der Waals surface area contributed by atoms with E-state index in [9.17, 15) is 0 Å². The molecule has 0 aliphatic rings. The van der Waals surface area contributed by atoms with Gasteiger partial charge in [0.25, 0.3) is 0 Å². The van der Waals surface area contributed by atoms with E-state index in [-0.39, 0.29) is 0 Å². The highest BCUT2D eigenvalue weighted by Gasteiger charge is 2.14. The van der Waals surface area contributed by atoms with Crippen LogP contribution in [-0.2, 0) is 0 Å². The van der Waals surface area contributed by atoms with Gasteiger partial charge in [0.1, 0.15) is 11.6 Å². The summed E-state index contributed by atoms with van der Waals surface area (Å²) < 4.78 is 0. The minimum atomic E-state index is 0.299. The maximum Gasteiger partial charge on any atom is 0.191 e. The average Bonchev–Trinajstić information content (AvgIpc) is 2.38. The van der Waals surface area contributed by atoms with Crippen LogP contribution in [0.2, 0.25) is 0 Å². The van der Waals surface area contributed by atoms with Crippen LogP contribution in [0.4, 0.5) is 11.6 Å². The lowest BCUT2D eigenvalue weighted by Gasteiger charge is -2.27. The fraction of sp³-hybridized carbons (Fsp3) is 0.583. The Morgan fingerprint density at radius 1 is 1.50 bits per heavy atom. The van der Waals surface area contributed by atoms with Gasteiger partial charge in [0.2, 0.25) is 0 Å². The Kier molecular flexibility index (Phi) is 5.72. The molecule has 5 nitrogen and oxygen atoms in total. The van der Waals surface area contributed by atoms with E-state index < -0.39 is 0 Å². The van der Waals surface area contributed by atoms with Gasteiger partial charge in [0.05, 0.1) is 12.5 Å². The molecule has 0 amide bonds. The molecule has 1 aromatic heterocycles. The van der Waals surface area contributed by atoms with E-state index in [0.717, 1.165) is 16.8 Å². The maximum absolute atomic E-state index is 8.72. The van der Waals surface area contributed by atoms with Crippen molar-refractivity contribution in [3.8, 4) is 6.07 Å². The fourth-order valence-electron chi connectivity index (χ4n) is 1.59. The molecule has 1 aromatic rings. The molecule has 18 heavy (non-hydrogen) atoms. The summed E-state index contributed by atoms with van der Waals surface area (Å²) in [7, 11) is 1.84. The molecule has 0 fully saturated rings. The van der Waals surface area contributed by atoms with Crippen molar-refractivity contribution in [2.45, 2.75) is 31.5 Å². The number of hydrogen-bond donors (Lipinski definition) is 1. The molecule has 0 aliphatic heterocycles. The molecule has 0 saturated carbocycles. The summed E-state index contributed by atoms with van der Waals surface area (Å²) in [4.78, 5) is 11.0. The Balaban J connectivity index is 3.06. The van der Waals surface area contributed by atoms with Gasteiger partial charge in [0.15, 0.2) is 5.16 Å². The summed E-state index contributed by atoms with van der Waals surface area (Å²) in [5.74, 6) is 1.66. The lowest BCUT2D eigenvalue weighted by molar-refractivity contribution is 0.670. The minimum Gasteiger partial charge on any atom is -0.373 e. The van der Waals surface area contributed by atoms with Gasteiger partial charge in [0, 0.05) is 25.7 Å². The predicted octanol–water partition coefficient (Wildman–Crippen LogP) is 2.37. The van der Waals surface area contributed by atoms with Crippen molar-refractivity contribution in [2.75, 3.05) is 30.1 Å². The monoisotopic (exact) mass is 265 g/mol. The quantitative estimate of drug-likeness (QED) is 0.629. The van der Waals surface area contributed by atoms with Crippen molar-refractivity contribution in [3.05, 3.63) is 6.07 Å². The van der Waals surface area contributed by atoms with Crippen molar-refractivity contribution < 1.29 is 0 Å². The molecule has 0 aliphatic carbocycles. The molecular weight excluding hydrogens is 246 g/mol. The zero-order chi connectivity index (χ0) is 13.5. The van der Waals surface area contributed by atoms with Crippen LogP contribution in [-0.4, -0.2) is 35.9 Å². The summed E-state index contributed by atoms with van der Waals surface area (Å²) in [6, 6.07) is 4.39. The first-order valence-electron chi connectivity index (χ1n) is 5.86. The number of anilines is 2. The zero-order valence-electron chi connectivity index (χ0n) is 11.3. The molecule has 0 atom stereocenters. The van der Waals surface area contributed by atoms with Crippen molar-refractivity contribution >= 4 is 23.4 Å². The smallest absolute Gasteiger partial charge is 0.191 e. The Morgan fingerprint density at radius 3 is 2.72 bits per heavy atom. The second-order valence-electron chi connectivity index (χ2n) is 4.04. The topological polar surface area (TPSA) is 64.8 Å². The SMILES string of the molecule is CNc1cc(N(CCC#N)C(C)C)nc(SC)n1. The van der Waals surface area contributed by atoms with E-state index in [0.29, 0.717) is 19.0 Å². The first-order chi connectivity index (χ1) is 8.62. The molecule has 0 spiro atoms. The Labute approximate surface area is 113 Å². The molecule has 0 unspecified atom stereocenters. The molecule has 1 heterocycles. The van der Waals surface area contributed by atoms with Crippen molar-refractivity contribution in [3.63, 3.8) is 0 Å². The molecular formula is C12H19N5S. The largest absolute Gasteiger partial charge is 0.373 e. The average molecular weight is 265 g/mol. The van der Waals surface area contributed by atoms with Gasteiger partial charge < -0.3 is 10.2 Å². The Morgan fingerprint density at radius 2 is 2.22 bits per heavy atom. The number of nitrogens with zero attached hydrogens (tertiary/aromatic N) is 4. The minimum absolute atomic E-state index is 0.299. The van der Waals surface area contributed by atoms with Crippen LogP contribution in [0, 0.1) is 11.3 Å².